The fourth-order valence-corrected chi connectivity index (χ4v) is 3.46. The molecule has 7 heteroatoms. The molecule has 3 aromatic rings. The van der Waals surface area contributed by atoms with Crippen LogP contribution in [0.5, 0.6) is 0 Å². The van der Waals surface area contributed by atoms with Gasteiger partial charge in [-0.15, -0.1) is 10.2 Å². The molecule has 2 aromatic carbocycles. The van der Waals surface area contributed by atoms with Crippen LogP contribution < -0.4 is 5.32 Å². The zero-order valence-electron chi connectivity index (χ0n) is 15.2. The van der Waals surface area contributed by atoms with Gasteiger partial charge in [-0.3, -0.25) is 14.9 Å². The van der Waals surface area contributed by atoms with Gasteiger partial charge in [-0.2, -0.15) is 0 Å². The second kappa shape index (κ2) is 8.64. The SMILES string of the molecule is CCn1c(SCC(=O)NC(=O)c2ccccc2)nnc1-c1ccccc1C. The van der Waals surface area contributed by atoms with Crippen LogP contribution >= 0.6 is 11.8 Å². The van der Waals surface area contributed by atoms with E-state index in [-0.39, 0.29) is 11.7 Å². The largest absolute Gasteiger partial charge is 0.302 e. The molecule has 2 amide bonds. The zero-order chi connectivity index (χ0) is 19.2. The predicted molar refractivity (Wildman–Crippen MR) is 106 cm³/mol. The van der Waals surface area contributed by atoms with E-state index in [2.05, 4.69) is 15.5 Å². The highest BCUT2D eigenvalue weighted by molar-refractivity contribution is 7.99. The molecule has 0 atom stereocenters. The third-order valence-electron chi connectivity index (χ3n) is 4.04. The molecule has 138 valence electrons. The van der Waals surface area contributed by atoms with Crippen molar-refractivity contribution in [1.82, 2.24) is 20.1 Å². The summed E-state index contributed by atoms with van der Waals surface area (Å²) in [5, 5.41) is 11.6. The van der Waals surface area contributed by atoms with Crippen molar-refractivity contribution in [2.24, 2.45) is 0 Å². The third-order valence-corrected chi connectivity index (χ3v) is 5.01. The van der Waals surface area contributed by atoms with Crippen LogP contribution in [0.4, 0.5) is 0 Å². The lowest BCUT2D eigenvalue weighted by Gasteiger charge is -2.09. The second-order valence-electron chi connectivity index (χ2n) is 5.90. The molecular weight excluding hydrogens is 360 g/mol. The molecule has 0 fully saturated rings. The molecule has 6 nitrogen and oxygen atoms in total. The minimum atomic E-state index is -0.404. The number of thioether (sulfide) groups is 1. The summed E-state index contributed by atoms with van der Waals surface area (Å²) in [6.45, 7) is 4.72. The fourth-order valence-electron chi connectivity index (χ4n) is 2.66. The Morgan fingerprint density at radius 2 is 1.74 bits per heavy atom. The van der Waals surface area contributed by atoms with E-state index in [0.717, 1.165) is 17.0 Å². The molecule has 0 aliphatic heterocycles. The number of aryl methyl sites for hydroxylation is 1. The van der Waals surface area contributed by atoms with E-state index in [9.17, 15) is 9.59 Å². The molecule has 0 saturated carbocycles. The Bertz CT molecular complexity index is 954. The highest BCUT2D eigenvalue weighted by atomic mass is 32.2. The average Bonchev–Trinajstić information content (AvgIpc) is 3.10. The molecule has 0 aliphatic carbocycles. The summed E-state index contributed by atoms with van der Waals surface area (Å²) in [6.07, 6.45) is 0. The number of imide groups is 1. The normalized spacial score (nSPS) is 10.6. The van der Waals surface area contributed by atoms with Crippen LogP contribution in [0, 0.1) is 6.92 Å². The van der Waals surface area contributed by atoms with Gasteiger partial charge in [0, 0.05) is 17.7 Å². The van der Waals surface area contributed by atoms with E-state index < -0.39 is 5.91 Å². The number of amides is 2. The maximum Gasteiger partial charge on any atom is 0.257 e. The molecule has 0 radical (unpaired) electrons. The number of carbonyl (C=O) groups is 2. The number of aromatic nitrogens is 3. The van der Waals surface area contributed by atoms with Gasteiger partial charge < -0.3 is 4.57 Å². The number of hydrogen-bond acceptors (Lipinski definition) is 5. The zero-order valence-corrected chi connectivity index (χ0v) is 16.0. The number of rotatable bonds is 6. The Balaban J connectivity index is 1.67. The van der Waals surface area contributed by atoms with E-state index in [0.29, 0.717) is 17.3 Å². The summed E-state index contributed by atoms with van der Waals surface area (Å²) in [6, 6.07) is 16.6. The van der Waals surface area contributed by atoms with Gasteiger partial charge in [0.25, 0.3) is 5.91 Å². The predicted octanol–water partition coefficient (Wildman–Crippen LogP) is 3.32. The first kappa shape index (κ1) is 18.8. The van der Waals surface area contributed by atoms with Crippen LogP contribution in [0.25, 0.3) is 11.4 Å². The Kier molecular flexibility index (Phi) is 6.03. The molecule has 0 spiro atoms. The lowest BCUT2D eigenvalue weighted by Crippen LogP contribution is -2.31. The van der Waals surface area contributed by atoms with Gasteiger partial charge in [-0.05, 0) is 31.5 Å². The fraction of sp³-hybridized carbons (Fsp3) is 0.200. The summed E-state index contributed by atoms with van der Waals surface area (Å²) in [4.78, 5) is 24.2. The Labute approximate surface area is 162 Å². The molecule has 1 heterocycles. The van der Waals surface area contributed by atoms with Crippen molar-refractivity contribution < 1.29 is 9.59 Å². The van der Waals surface area contributed by atoms with Crippen molar-refractivity contribution in [3.05, 3.63) is 65.7 Å². The molecule has 1 aromatic heterocycles. The Morgan fingerprint density at radius 1 is 1.04 bits per heavy atom. The van der Waals surface area contributed by atoms with E-state index in [1.807, 2.05) is 48.7 Å². The van der Waals surface area contributed by atoms with Gasteiger partial charge in [0.2, 0.25) is 5.91 Å². The minimum Gasteiger partial charge on any atom is -0.302 e. The molecule has 0 unspecified atom stereocenters. The number of hydrogen-bond donors (Lipinski definition) is 1. The van der Waals surface area contributed by atoms with E-state index in [4.69, 9.17) is 0 Å². The van der Waals surface area contributed by atoms with Crippen LogP contribution in [0.2, 0.25) is 0 Å². The van der Waals surface area contributed by atoms with Crippen LogP contribution in [0.15, 0.2) is 59.8 Å². The first-order chi connectivity index (χ1) is 13.1. The molecule has 3 rings (SSSR count). The number of nitrogens with one attached hydrogen (secondary N) is 1. The molecule has 1 N–H and O–H groups in total. The summed E-state index contributed by atoms with van der Waals surface area (Å²) in [5.41, 5.74) is 2.58. The minimum absolute atomic E-state index is 0.0878. The van der Waals surface area contributed by atoms with Crippen molar-refractivity contribution in [2.45, 2.75) is 25.5 Å². The van der Waals surface area contributed by atoms with Crippen LogP contribution in [0.1, 0.15) is 22.8 Å². The average molecular weight is 380 g/mol. The van der Waals surface area contributed by atoms with Crippen LogP contribution in [-0.2, 0) is 11.3 Å². The van der Waals surface area contributed by atoms with Gasteiger partial charge in [-0.25, -0.2) is 0 Å². The maximum absolute atomic E-state index is 12.1. The quantitative estimate of drug-likeness (QED) is 0.664. The molecule has 0 bridgehead atoms. The summed E-state index contributed by atoms with van der Waals surface area (Å²) >= 11 is 1.26. The second-order valence-corrected chi connectivity index (χ2v) is 6.84. The first-order valence-corrected chi connectivity index (χ1v) is 9.60. The van der Waals surface area contributed by atoms with Gasteiger partial charge in [0.15, 0.2) is 11.0 Å². The number of benzene rings is 2. The summed E-state index contributed by atoms with van der Waals surface area (Å²) in [7, 11) is 0. The van der Waals surface area contributed by atoms with Crippen LogP contribution in [0.3, 0.4) is 0 Å². The van der Waals surface area contributed by atoms with Gasteiger partial charge >= 0.3 is 0 Å². The highest BCUT2D eigenvalue weighted by Crippen LogP contribution is 2.26. The molecule has 27 heavy (non-hydrogen) atoms. The van der Waals surface area contributed by atoms with Crippen molar-refractivity contribution in [3.63, 3.8) is 0 Å². The first-order valence-electron chi connectivity index (χ1n) is 8.61. The van der Waals surface area contributed by atoms with Crippen molar-refractivity contribution >= 4 is 23.6 Å². The highest BCUT2D eigenvalue weighted by Gasteiger charge is 2.16. The topological polar surface area (TPSA) is 76.9 Å². The van der Waals surface area contributed by atoms with E-state index in [1.54, 1.807) is 24.3 Å². The van der Waals surface area contributed by atoms with Crippen molar-refractivity contribution in [2.75, 3.05) is 5.75 Å². The maximum atomic E-state index is 12.1. The third kappa shape index (κ3) is 4.43. The lowest BCUT2D eigenvalue weighted by molar-refractivity contribution is -0.117. The molecule has 0 saturated heterocycles. The summed E-state index contributed by atoms with van der Waals surface area (Å²) < 4.78 is 1.97. The number of carbonyl (C=O) groups excluding carboxylic acids is 2. The Hall–Kier alpha value is -2.93. The van der Waals surface area contributed by atoms with Crippen molar-refractivity contribution in [3.8, 4) is 11.4 Å². The smallest absolute Gasteiger partial charge is 0.257 e. The monoisotopic (exact) mass is 380 g/mol. The standard InChI is InChI=1S/C20H20N4O2S/c1-3-24-18(16-12-8-7-9-14(16)2)22-23-20(24)27-13-17(25)21-19(26)15-10-5-4-6-11-15/h4-12H,3,13H2,1-2H3,(H,21,25,26). The summed E-state index contributed by atoms with van der Waals surface area (Å²) in [5.74, 6) is 0.0966. The van der Waals surface area contributed by atoms with E-state index in [1.165, 1.54) is 11.8 Å². The molecular formula is C20H20N4O2S. The van der Waals surface area contributed by atoms with Crippen LogP contribution in [-0.4, -0.2) is 32.3 Å². The van der Waals surface area contributed by atoms with Gasteiger partial charge in [0.1, 0.15) is 0 Å². The van der Waals surface area contributed by atoms with Gasteiger partial charge in [-0.1, -0.05) is 54.2 Å². The van der Waals surface area contributed by atoms with E-state index >= 15 is 0 Å². The Morgan fingerprint density at radius 3 is 2.44 bits per heavy atom. The number of nitrogens with zero attached hydrogens (tertiary/aromatic N) is 3. The van der Waals surface area contributed by atoms with Gasteiger partial charge in [0.05, 0.1) is 5.75 Å². The lowest BCUT2D eigenvalue weighted by atomic mass is 10.1. The van der Waals surface area contributed by atoms with Crippen molar-refractivity contribution in [1.29, 1.82) is 0 Å². The molecule has 0 aliphatic rings.